The SMILES string of the molecule is CC1(CO)CCCC1NCc1cc([N+](=O)[O-])ccc1O. The molecule has 0 aliphatic heterocycles. The second kappa shape index (κ2) is 5.76. The Hall–Kier alpha value is -1.66. The van der Waals surface area contributed by atoms with E-state index in [2.05, 4.69) is 5.32 Å². The first-order valence-corrected chi connectivity index (χ1v) is 6.77. The Morgan fingerprint density at radius 1 is 1.55 bits per heavy atom. The lowest BCUT2D eigenvalue weighted by atomic mass is 9.85. The van der Waals surface area contributed by atoms with E-state index >= 15 is 0 Å². The van der Waals surface area contributed by atoms with Crippen LogP contribution in [0.4, 0.5) is 5.69 Å². The number of rotatable bonds is 5. The van der Waals surface area contributed by atoms with Gasteiger partial charge in [-0.1, -0.05) is 13.3 Å². The molecule has 0 bridgehead atoms. The van der Waals surface area contributed by atoms with Gasteiger partial charge in [-0.3, -0.25) is 10.1 Å². The van der Waals surface area contributed by atoms with Crippen LogP contribution in [0.1, 0.15) is 31.7 Å². The second-order valence-corrected chi connectivity index (χ2v) is 5.71. The van der Waals surface area contributed by atoms with Crippen LogP contribution in [0, 0.1) is 15.5 Å². The molecule has 2 atom stereocenters. The first-order chi connectivity index (χ1) is 9.46. The van der Waals surface area contributed by atoms with E-state index in [0.717, 1.165) is 19.3 Å². The van der Waals surface area contributed by atoms with E-state index in [1.54, 1.807) is 0 Å². The molecule has 2 unspecified atom stereocenters. The van der Waals surface area contributed by atoms with Gasteiger partial charge in [0.25, 0.3) is 5.69 Å². The lowest BCUT2D eigenvalue weighted by Gasteiger charge is -2.30. The molecule has 1 aliphatic rings. The van der Waals surface area contributed by atoms with E-state index in [9.17, 15) is 20.3 Å². The van der Waals surface area contributed by atoms with Gasteiger partial charge in [0.05, 0.1) is 4.92 Å². The Bertz CT molecular complexity index is 506. The molecule has 1 saturated carbocycles. The van der Waals surface area contributed by atoms with Crippen molar-refractivity contribution in [2.24, 2.45) is 5.41 Å². The molecule has 1 aromatic carbocycles. The van der Waals surface area contributed by atoms with Crippen molar-refractivity contribution in [3.8, 4) is 5.75 Å². The zero-order valence-electron chi connectivity index (χ0n) is 11.5. The average molecular weight is 280 g/mol. The fourth-order valence-corrected chi connectivity index (χ4v) is 2.83. The van der Waals surface area contributed by atoms with Crippen molar-refractivity contribution >= 4 is 5.69 Å². The van der Waals surface area contributed by atoms with Crippen LogP contribution < -0.4 is 5.32 Å². The molecule has 1 aliphatic carbocycles. The molecule has 0 heterocycles. The maximum Gasteiger partial charge on any atom is 0.270 e. The standard InChI is InChI=1S/C14H20N2O4/c1-14(9-17)6-2-3-13(14)15-8-10-7-11(16(19)20)4-5-12(10)18/h4-5,7,13,15,17-18H,2-3,6,8-9H2,1H3. The monoisotopic (exact) mass is 280 g/mol. The van der Waals surface area contributed by atoms with Gasteiger partial charge in [0.1, 0.15) is 5.75 Å². The molecular formula is C14H20N2O4. The van der Waals surface area contributed by atoms with Crippen LogP contribution in [0.3, 0.4) is 0 Å². The quantitative estimate of drug-likeness (QED) is 0.566. The summed E-state index contributed by atoms with van der Waals surface area (Å²) in [5.74, 6) is 0.0480. The Morgan fingerprint density at radius 2 is 2.30 bits per heavy atom. The van der Waals surface area contributed by atoms with Crippen LogP contribution in [0.15, 0.2) is 18.2 Å². The van der Waals surface area contributed by atoms with E-state index in [1.165, 1.54) is 18.2 Å². The molecule has 20 heavy (non-hydrogen) atoms. The third-order valence-electron chi connectivity index (χ3n) is 4.26. The number of aliphatic hydroxyl groups is 1. The molecule has 1 fully saturated rings. The summed E-state index contributed by atoms with van der Waals surface area (Å²) >= 11 is 0. The van der Waals surface area contributed by atoms with Gasteiger partial charge in [-0.25, -0.2) is 0 Å². The topological polar surface area (TPSA) is 95.6 Å². The number of nitrogens with one attached hydrogen (secondary N) is 1. The first kappa shape index (κ1) is 14.7. The minimum atomic E-state index is -0.476. The highest BCUT2D eigenvalue weighted by atomic mass is 16.6. The summed E-state index contributed by atoms with van der Waals surface area (Å²) < 4.78 is 0. The molecular weight excluding hydrogens is 260 g/mol. The lowest BCUT2D eigenvalue weighted by molar-refractivity contribution is -0.384. The van der Waals surface area contributed by atoms with E-state index < -0.39 is 4.92 Å². The van der Waals surface area contributed by atoms with Gasteiger partial charge in [0.2, 0.25) is 0 Å². The minimum absolute atomic E-state index is 0.0315. The van der Waals surface area contributed by atoms with Gasteiger partial charge >= 0.3 is 0 Å². The fourth-order valence-electron chi connectivity index (χ4n) is 2.83. The lowest BCUT2D eigenvalue weighted by Crippen LogP contribution is -2.41. The van der Waals surface area contributed by atoms with Crippen molar-refractivity contribution in [2.75, 3.05) is 6.61 Å². The van der Waals surface area contributed by atoms with Gasteiger partial charge in [-0.15, -0.1) is 0 Å². The molecule has 0 spiro atoms. The molecule has 0 amide bonds. The molecule has 2 rings (SSSR count). The van der Waals surface area contributed by atoms with Crippen LogP contribution in [-0.4, -0.2) is 27.8 Å². The predicted molar refractivity (Wildman–Crippen MR) is 74.4 cm³/mol. The maximum absolute atomic E-state index is 10.7. The molecule has 3 N–H and O–H groups in total. The number of phenols is 1. The largest absolute Gasteiger partial charge is 0.508 e. The molecule has 110 valence electrons. The molecule has 0 saturated heterocycles. The molecule has 1 aromatic rings. The Morgan fingerprint density at radius 3 is 2.95 bits per heavy atom. The average Bonchev–Trinajstić information content (AvgIpc) is 2.79. The zero-order valence-corrected chi connectivity index (χ0v) is 11.5. The van der Waals surface area contributed by atoms with Crippen LogP contribution in [0.5, 0.6) is 5.75 Å². The summed E-state index contributed by atoms with van der Waals surface area (Å²) in [5, 5.41) is 33.3. The number of hydrogen-bond donors (Lipinski definition) is 3. The number of phenolic OH excluding ortho intramolecular Hbond substituents is 1. The number of non-ortho nitro benzene ring substituents is 1. The highest BCUT2D eigenvalue weighted by Gasteiger charge is 2.37. The van der Waals surface area contributed by atoms with Crippen molar-refractivity contribution in [1.29, 1.82) is 0 Å². The number of benzene rings is 1. The van der Waals surface area contributed by atoms with Crippen molar-refractivity contribution in [1.82, 2.24) is 5.32 Å². The number of nitro groups is 1. The molecule has 6 heteroatoms. The van der Waals surface area contributed by atoms with Crippen LogP contribution >= 0.6 is 0 Å². The number of aromatic hydroxyl groups is 1. The summed E-state index contributed by atoms with van der Waals surface area (Å²) in [4.78, 5) is 10.3. The summed E-state index contributed by atoms with van der Waals surface area (Å²) in [7, 11) is 0. The molecule has 0 radical (unpaired) electrons. The zero-order chi connectivity index (χ0) is 14.8. The number of aliphatic hydroxyl groups excluding tert-OH is 1. The normalized spacial score (nSPS) is 25.8. The van der Waals surface area contributed by atoms with E-state index in [-0.39, 0.29) is 29.5 Å². The number of hydrogen-bond acceptors (Lipinski definition) is 5. The van der Waals surface area contributed by atoms with Crippen LogP contribution in [0.25, 0.3) is 0 Å². The second-order valence-electron chi connectivity index (χ2n) is 5.71. The third kappa shape index (κ3) is 2.91. The summed E-state index contributed by atoms with van der Waals surface area (Å²) in [6.07, 6.45) is 2.98. The highest BCUT2D eigenvalue weighted by Crippen LogP contribution is 2.37. The maximum atomic E-state index is 10.7. The van der Waals surface area contributed by atoms with Gasteiger partial charge in [-0.2, -0.15) is 0 Å². The van der Waals surface area contributed by atoms with Crippen LogP contribution in [0.2, 0.25) is 0 Å². The van der Waals surface area contributed by atoms with E-state index in [0.29, 0.717) is 12.1 Å². The van der Waals surface area contributed by atoms with E-state index in [4.69, 9.17) is 0 Å². The predicted octanol–water partition coefficient (Wildman–Crippen LogP) is 1.94. The summed E-state index contributed by atoms with van der Waals surface area (Å²) in [6.45, 7) is 2.50. The van der Waals surface area contributed by atoms with Crippen molar-refractivity contribution in [2.45, 2.75) is 38.8 Å². The Kier molecular flexibility index (Phi) is 4.25. The van der Waals surface area contributed by atoms with E-state index in [1.807, 2.05) is 6.92 Å². The summed E-state index contributed by atoms with van der Waals surface area (Å²) in [5.41, 5.74) is 0.318. The van der Waals surface area contributed by atoms with Crippen molar-refractivity contribution in [3.05, 3.63) is 33.9 Å². The highest BCUT2D eigenvalue weighted by molar-refractivity contribution is 5.42. The van der Waals surface area contributed by atoms with Gasteiger partial charge < -0.3 is 15.5 Å². The smallest absolute Gasteiger partial charge is 0.270 e. The van der Waals surface area contributed by atoms with Crippen LogP contribution in [-0.2, 0) is 6.54 Å². The fraction of sp³-hybridized carbons (Fsp3) is 0.571. The van der Waals surface area contributed by atoms with Crippen molar-refractivity contribution < 1.29 is 15.1 Å². The number of nitrogens with zero attached hydrogens (tertiary/aromatic N) is 1. The first-order valence-electron chi connectivity index (χ1n) is 6.77. The van der Waals surface area contributed by atoms with Crippen molar-refractivity contribution in [3.63, 3.8) is 0 Å². The number of nitro benzene ring substituents is 1. The minimum Gasteiger partial charge on any atom is -0.508 e. The van der Waals surface area contributed by atoms with Gasteiger partial charge in [0, 0.05) is 42.3 Å². The summed E-state index contributed by atoms with van der Waals surface area (Å²) in [6, 6.07) is 4.17. The third-order valence-corrected chi connectivity index (χ3v) is 4.26. The van der Waals surface area contributed by atoms with Gasteiger partial charge in [-0.05, 0) is 18.9 Å². The molecule has 0 aromatic heterocycles. The molecule has 6 nitrogen and oxygen atoms in total. The van der Waals surface area contributed by atoms with Gasteiger partial charge in [0.15, 0.2) is 0 Å². The Labute approximate surface area is 117 Å². The Balaban J connectivity index is 2.07.